The van der Waals surface area contributed by atoms with Crippen molar-refractivity contribution in [1.82, 2.24) is 19.4 Å². The number of amides is 1. The number of nitrogens with zero attached hydrogens (tertiary/aromatic N) is 6. The molecule has 10 nitrogen and oxygen atoms in total. The Labute approximate surface area is 221 Å². The number of hydrogen-bond donors (Lipinski definition) is 2. The number of rotatable bonds is 10. The van der Waals surface area contributed by atoms with Crippen molar-refractivity contribution in [2.45, 2.75) is 0 Å². The van der Waals surface area contributed by atoms with E-state index in [-0.39, 0.29) is 5.91 Å². The maximum absolute atomic E-state index is 12.2. The second-order valence-corrected chi connectivity index (χ2v) is 8.89. The number of methoxy groups -OCH3 is 1. The largest absolute Gasteiger partial charge is 0.494 e. The summed E-state index contributed by atoms with van der Waals surface area (Å²) >= 11 is 0. The van der Waals surface area contributed by atoms with E-state index in [1.54, 1.807) is 31.6 Å². The number of likely N-dealkylation sites (N-methyl/N-ethyl adjacent to an activating group) is 2. The first-order valence-corrected chi connectivity index (χ1v) is 12.0. The predicted octanol–water partition coefficient (Wildman–Crippen LogP) is 4.17. The van der Waals surface area contributed by atoms with Gasteiger partial charge in [-0.05, 0) is 38.4 Å². The molecule has 4 rings (SSSR count). The minimum absolute atomic E-state index is 0.325. The number of carbonyl (C=O) groups excluding carboxylic acids is 1. The number of carbonyl (C=O) groups is 1. The fourth-order valence-electron chi connectivity index (χ4n) is 4.03. The van der Waals surface area contributed by atoms with Crippen LogP contribution in [0.3, 0.4) is 0 Å². The number of anilines is 4. The van der Waals surface area contributed by atoms with Crippen LogP contribution in [-0.2, 0) is 4.79 Å². The molecule has 2 aromatic carbocycles. The molecule has 0 aliphatic heterocycles. The maximum Gasteiger partial charge on any atom is 0.247 e. The van der Waals surface area contributed by atoms with Crippen LogP contribution >= 0.6 is 0 Å². The van der Waals surface area contributed by atoms with Gasteiger partial charge < -0.3 is 25.2 Å². The summed E-state index contributed by atoms with van der Waals surface area (Å²) in [5, 5.41) is 16.5. The van der Waals surface area contributed by atoms with E-state index in [0.29, 0.717) is 34.5 Å². The van der Waals surface area contributed by atoms with E-state index in [1.807, 2.05) is 60.9 Å². The first-order chi connectivity index (χ1) is 18.3. The SMILES string of the molecule is C=CC(=O)Nc1cc(Nc2nccc(-n3cc(C#N)c4ccccc43)n2)c(OC)cc1N(C)CCN(C)C. The molecule has 0 saturated heterocycles. The zero-order valence-electron chi connectivity index (χ0n) is 21.9. The molecule has 0 aliphatic carbocycles. The molecule has 0 spiro atoms. The number of hydrogen-bond acceptors (Lipinski definition) is 8. The van der Waals surface area contributed by atoms with Crippen LogP contribution in [0.25, 0.3) is 16.7 Å². The summed E-state index contributed by atoms with van der Waals surface area (Å²) in [4.78, 5) is 25.4. The standard InChI is InChI=1S/C28H30N8O2/c1-6-27(37)31-21-15-22(25(38-5)16-24(21)35(4)14-13-34(2)3)32-28-30-12-11-26(33-28)36-18-19(17-29)20-9-7-8-10-23(20)36/h6-12,15-16,18H,1,13-14H2,2-5H3,(H,31,37)(H,30,32,33). The summed E-state index contributed by atoms with van der Waals surface area (Å²) in [6.07, 6.45) is 4.63. The van der Waals surface area contributed by atoms with Gasteiger partial charge in [-0.3, -0.25) is 9.36 Å². The van der Waals surface area contributed by atoms with Crippen LogP contribution in [-0.4, -0.2) is 66.7 Å². The van der Waals surface area contributed by atoms with E-state index in [0.717, 1.165) is 29.7 Å². The highest BCUT2D eigenvalue weighted by Crippen LogP contribution is 2.38. The maximum atomic E-state index is 12.2. The lowest BCUT2D eigenvalue weighted by Gasteiger charge is -2.26. The second-order valence-electron chi connectivity index (χ2n) is 8.89. The molecular formula is C28H30N8O2. The van der Waals surface area contributed by atoms with Crippen molar-refractivity contribution in [2.75, 3.05) is 56.9 Å². The van der Waals surface area contributed by atoms with Gasteiger partial charge in [0.25, 0.3) is 0 Å². The molecule has 0 radical (unpaired) electrons. The molecule has 0 bridgehead atoms. The fraction of sp³-hybridized carbons (Fsp3) is 0.214. The molecule has 194 valence electrons. The molecule has 10 heteroatoms. The summed E-state index contributed by atoms with van der Waals surface area (Å²) in [7, 11) is 7.55. The third kappa shape index (κ3) is 5.58. The molecule has 2 aromatic heterocycles. The van der Waals surface area contributed by atoms with Gasteiger partial charge in [0.05, 0.1) is 35.3 Å². The molecule has 0 saturated carbocycles. The number of para-hydroxylation sites is 1. The van der Waals surface area contributed by atoms with Crippen molar-refractivity contribution < 1.29 is 9.53 Å². The van der Waals surface area contributed by atoms with Gasteiger partial charge in [-0.1, -0.05) is 24.8 Å². The minimum atomic E-state index is -0.325. The topological polar surface area (TPSA) is 111 Å². The van der Waals surface area contributed by atoms with Crippen LogP contribution in [0.2, 0.25) is 0 Å². The van der Waals surface area contributed by atoms with Crippen molar-refractivity contribution in [3.63, 3.8) is 0 Å². The Morgan fingerprint density at radius 3 is 2.68 bits per heavy atom. The number of benzene rings is 2. The lowest BCUT2D eigenvalue weighted by Crippen LogP contribution is -2.29. The smallest absolute Gasteiger partial charge is 0.247 e. The molecule has 38 heavy (non-hydrogen) atoms. The molecule has 4 aromatic rings. The van der Waals surface area contributed by atoms with Crippen molar-refractivity contribution >= 4 is 39.8 Å². The number of fused-ring (bicyclic) bond motifs is 1. The highest BCUT2D eigenvalue weighted by atomic mass is 16.5. The summed E-state index contributed by atoms with van der Waals surface area (Å²) in [5.74, 6) is 1.15. The van der Waals surface area contributed by atoms with Crippen LogP contribution < -0.4 is 20.3 Å². The predicted molar refractivity (Wildman–Crippen MR) is 151 cm³/mol. The van der Waals surface area contributed by atoms with E-state index in [1.165, 1.54) is 6.08 Å². The summed E-state index contributed by atoms with van der Waals surface area (Å²) < 4.78 is 7.54. The van der Waals surface area contributed by atoms with Gasteiger partial charge in [0, 0.05) is 44.0 Å². The quantitative estimate of drug-likeness (QED) is 0.306. The normalized spacial score (nSPS) is 10.7. The van der Waals surface area contributed by atoms with Crippen LogP contribution in [0.4, 0.5) is 23.0 Å². The molecule has 2 N–H and O–H groups in total. The molecular weight excluding hydrogens is 480 g/mol. The Hall–Kier alpha value is -4.88. The van der Waals surface area contributed by atoms with Crippen molar-refractivity contribution in [3.8, 4) is 17.6 Å². The van der Waals surface area contributed by atoms with Gasteiger partial charge in [-0.25, -0.2) is 4.98 Å². The van der Waals surface area contributed by atoms with Gasteiger partial charge in [-0.2, -0.15) is 10.2 Å². The lowest BCUT2D eigenvalue weighted by molar-refractivity contribution is -0.111. The first-order valence-electron chi connectivity index (χ1n) is 12.0. The average molecular weight is 511 g/mol. The van der Waals surface area contributed by atoms with E-state index in [4.69, 9.17) is 4.74 Å². The number of aromatic nitrogens is 3. The average Bonchev–Trinajstić information content (AvgIpc) is 3.31. The van der Waals surface area contributed by atoms with Crippen molar-refractivity contribution in [2.24, 2.45) is 0 Å². The molecule has 0 atom stereocenters. The Morgan fingerprint density at radius 1 is 1.18 bits per heavy atom. The number of nitrogens with one attached hydrogen (secondary N) is 2. The minimum Gasteiger partial charge on any atom is -0.494 e. The van der Waals surface area contributed by atoms with Crippen LogP contribution in [0, 0.1) is 11.3 Å². The fourth-order valence-corrected chi connectivity index (χ4v) is 4.03. The van der Waals surface area contributed by atoms with Gasteiger partial charge >= 0.3 is 0 Å². The first kappa shape index (κ1) is 26.2. The van der Waals surface area contributed by atoms with Gasteiger partial charge in [0.2, 0.25) is 11.9 Å². The second kappa shape index (κ2) is 11.5. The Bertz CT molecular complexity index is 1520. The third-order valence-corrected chi connectivity index (χ3v) is 6.02. The molecule has 0 unspecified atom stereocenters. The Balaban J connectivity index is 1.72. The highest BCUT2D eigenvalue weighted by molar-refractivity contribution is 6.02. The zero-order valence-corrected chi connectivity index (χ0v) is 21.9. The number of nitriles is 1. The number of ether oxygens (including phenoxy) is 1. The third-order valence-electron chi connectivity index (χ3n) is 6.02. The van der Waals surface area contributed by atoms with Crippen LogP contribution in [0.5, 0.6) is 5.75 Å². The molecule has 0 fully saturated rings. The van der Waals surface area contributed by atoms with Crippen molar-refractivity contribution in [3.05, 3.63) is 73.1 Å². The highest BCUT2D eigenvalue weighted by Gasteiger charge is 2.17. The monoisotopic (exact) mass is 510 g/mol. The Kier molecular flexibility index (Phi) is 7.89. The molecule has 1 amide bonds. The lowest BCUT2D eigenvalue weighted by atomic mass is 10.2. The van der Waals surface area contributed by atoms with Gasteiger partial charge in [0.1, 0.15) is 17.6 Å². The zero-order chi connectivity index (χ0) is 27.2. The van der Waals surface area contributed by atoms with Gasteiger partial charge in [0.15, 0.2) is 0 Å². The summed E-state index contributed by atoms with van der Waals surface area (Å²) in [6, 6.07) is 15.3. The molecule has 2 heterocycles. The van der Waals surface area contributed by atoms with E-state index in [9.17, 15) is 10.1 Å². The Morgan fingerprint density at radius 2 is 1.97 bits per heavy atom. The van der Waals surface area contributed by atoms with Gasteiger partial charge in [-0.15, -0.1) is 0 Å². The summed E-state index contributed by atoms with van der Waals surface area (Å²) in [5.41, 5.74) is 3.38. The van der Waals surface area contributed by atoms with E-state index >= 15 is 0 Å². The van der Waals surface area contributed by atoms with Crippen molar-refractivity contribution in [1.29, 1.82) is 5.26 Å². The molecule has 0 aliphatic rings. The van der Waals surface area contributed by atoms with Crippen LogP contribution in [0.1, 0.15) is 5.56 Å². The van der Waals surface area contributed by atoms with E-state index in [2.05, 4.69) is 38.1 Å². The van der Waals surface area contributed by atoms with Crippen LogP contribution in [0.15, 0.2) is 67.5 Å². The van der Waals surface area contributed by atoms with E-state index < -0.39 is 0 Å². The summed E-state index contributed by atoms with van der Waals surface area (Å²) in [6.45, 7) is 5.13.